The molecule has 0 amide bonds. The number of rotatable bonds is 3. The van der Waals surface area contributed by atoms with Gasteiger partial charge in [-0.05, 0) is 44.9 Å². The molecule has 96 valence electrons. The van der Waals surface area contributed by atoms with Gasteiger partial charge in [-0.1, -0.05) is 6.07 Å². The van der Waals surface area contributed by atoms with Crippen molar-refractivity contribution in [2.24, 2.45) is 0 Å². The first-order valence-electron chi connectivity index (χ1n) is 6.22. The summed E-state index contributed by atoms with van der Waals surface area (Å²) >= 11 is 0. The Morgan fingerprint density at radius 2 is 1.94 bits per heavy atom. The number of benzene rings is 1. The van der Waals surface area contributed by atoms with Crippen LogP contribution in [0.1, 0.15) is 31.0 Å². The van der Waals surface area contributed by atoms with E-state index in [0.717, 1.165) is 16.9 Å². The molecule has 1 heterocycles. The standard InChI is InChI=1S/C15H20N2O/c1-10(2)17-9-13(8-16-17)15-12(4)6-11(3)7-14(15)18-5/h6-10H,1-5H3. The van der Waals surface area contributed by atoms with Crippen LogP contribution in [0.25, 0.3) is 11.1 Å². The van der Waals surface area contributed by atoms with Crippen LogP contribution in [-0.4, -0.2) is 16.9 Å². The Hall–Kier alpha value is -1.77. The molecule has 3 heteroatoms. The van der Waals surface area contributed by atoms with Gasteiger partial charge in [-0.15, -0.1) is 0 Å². The van der Waals surface area contributed by atoms with Crippen molar-refractivity contribution in [1.29, 1.82) is 0 Å². The number of aromatic nitrogens is 2. The van der Waals surface area contributed by atoms with E-state index >= 15 is 0 Å². The zero-order chi connectivity index (χ0) is 13.3. The van der Waals surface area contributed by atoms with Crippen LogP contribution in [0.4, 0.5) is 0 Å². The van der Waals surface area contributed by atoms with Crippen LogP contribution in [0.2, 0.25) is 0 Å². The van der Waals surface area contributed by atoms with E-state index < -0.39 is 0 Å². The minimum atomic E-state index is 0.371. The molecule has 0 radical (unpaired) electrons. The lowest BCUT2D eigenvalue weighted by molar-refractivity contribution is 0.416. The molecule has 18 heavy (non-hydrogen) atoms. The van der Waals surface area contributed by atoms with Gasteiger partial charge in [-0.3, -0.25) is 4.68 Å². The van der Waals surface area contributed by atoms with Gasteiger partial charge in [0.25, 0.3) is 0 Å². The Balaban J connectivity index is 2.55. The van der Waals surface area contributed by atoms with Crippen molar-refractivity contribution >= 4 is 0 Å². The van der Waals surface area contributed by atoms with E-state index in [1.54, 1.807) is 7.11 Å². The lowest BCUT2D eigenvalue weighted by atomic mass is 10.00. The van der Waals surface area contributed by atoms with Crippen LogP contribution in [-0.2, 0) is 0 Å². The van der Waals surface area contributed by atoms with Crippen molar-refractivity contribution in [3.63, 3.8) is 0 Å². The molecule has 2 aromatic rings. The lowest BCUT2D eigenvalue weighted by Crippen LogP contribution is -1.99. The Bertz CT molecular complexity index is 556. The summed E-state index contributed by atoms with van der Waals surface area (Å²) in [4.78, 5) is 0. The molecular weight excluding hydrogens is 224 g/mol. The highest BCUT2D eigenvalue weighted by atomic mass is 16.5. The molecule has 0 aliphatic rings. The number of nitrogens with zero attached hydrogens (tertiary/aromatic N) is 2. The molecule has 0 fully saturated rings. The molecule has 0 N–H and O–H groups in total. The van der Waals surface area contributed by atoms with E-state index in [-0.39, 0.29) is 0 Å². The highest BCUT2D eigenvalue weighted by Crippen LogP contribution is 2.34. The average Bonchev–Trinajstić information content (AvgIpc) is 2.77. The number of hydrogen-bond donors (Lipinski definition) is 0. The van der Waals surface area contributed by atoms with Crippen molar-refractivity contribution in [3.8, 4) is 16.9 Å². The molecule has 1 aromatic carbocycles. The summed E-state index contributed by atoms with van der Waals surface area (Å²) in [6.07, 6.45) is 3.98. The Kier molecular flexibility index (Phi) is 3.41. The zero-order valence-electron chi connectivity index (χ0n) is 11.7. The summed E-state index contributed by atoms with van der Waals surface area (Å²) in [5, 5.41) is 4.39. The monoisotopic (exact) mass is 244 g/mol. The number of ether oxygens (including phenoxy) is 1. The van der Waals surface area contributed by atoms with Crippen LogP contribution >= 0.6 is 0 Å². The summed E-state index contributed by atoms with van der Waals surface area (Å²) in [6, 6.07) is 4.61. The van der Waals surface area contributed by atoms with Gasteiger partial charge in [-0.25, -0.2) is 0 Å². The lowest BCUT2D eigenvalue weighted by Gasteiger charge is -2.11. The third-order valence-electron chi connectivity index (χ3n) is 3.08. The third-order valence-corrected chi connectivity index (χ3v) is 3.08. The van der Waals surface area contributed by atoms with E-state index in [2.05, 4.69) is 51.1 Å². The quantitative estimate of drug-likeness (QED) is 0.822. The second kappa shape index (κ2) is 4.84. The summed E-state index contributed by atoms with van der Waals surface area (Å²) in [6.45, 7) is 8.43. The topological polar surface area (TPSA) is 27.1 Å². The summed E-state index contributed by atoms with van der Waals surface area (Å²) in [5.74, 6) is 0.913. The maximum Gasteiger partial charge on any atom is 0.127 e. The summed E-state index contributed by atoms with van der Waals surface area (Å²) in [7, 11) is 1.71. The van der Waals surface area contributed by atoms with E-state index in [1.165, 1.54) is 11.1 Å². The first kappa shape index (κ1) is 12.7. The van der Waals surface area contributed by atoms with E-state index in [0.29, 0.717) is 6.04 Å². The molecule has 0 spiro atoms. The fraction of sp³-hybridized carbons (Fsp3) is 0.400. The molecule has 0 bridgehead atoms. The molecule has 2 rings (SSSR count). The van der Waals surface area contributed by atoms with Gasteiger partial charge >= 0.3 is 0 Å². The molecule has 0 unspecified atom stereocenters. The molecule has 0 aliphatic carbocycles. The Labute approximate surface area is 108 Å². The number of hydrogen-bond acceptors (Lipinski definition) is 2. The first-order chi connectivity index (χ1) is 8.52. The van der Waals surface area contributed by atoms with Crippen molar-refractivity contribution in [2.45, 2.75) is 33.7 Å². The Morgan fingerprint density at radius 3 is 2.50 bits per heavy atom. The largest absolute Gasteiger partial charge is 0.496 e. The normalized spacial score (nSPS) is 11.0. The van der Waals surface area contributed by atoms with E-state index in [9.17, 15) is 0 Å². The van der Waals surface area contributed by atoms with Crippen LogP contribution in [0.3, 0.4) is 0 Å². The predicted molar refractivity (Wildman–Crippen MR) is 74.1 cm³/mol. The van der Waals surface area contributed by atoms with Crippen molar-refractivity contribution < 1.29 is 4.74 Å². The minimum absolute atomic E-state index is 0.371. The highest BCUT2D eigenvalue weighted by molar-refractivity contribution is 5.73. The molecule has 0 saturated heterocycles. The number of methoxy groups -OCH3 is 1. The second-order valence-electron chi connectivity index (χ2n) is 4.96. The molecule has 0 aliphatic heterocycles. The fourth-order valence-corrected chi connectivity index (χ4v) is 2.21. The van der Waals surface area contributed by atoms with E-state index in [1.807, 2.05) is 10.9 Å². The summed E-state index contributed by atoms with van der Waals surface area (Å²) in [5.41, 5.74) is 4.67. The van der Waals surface area contributed by atoms with Crippen LogP contribution in [0.5, 0.6) is 5.75 Å². The maximum absolute atomic E-state index is 5.49. The molecule has 3 nitrogen and oxygen atoms in total. The third kappa shape index (κ3) is 2.26. The average molecular weight is 244 g/mol. The van der Waals surface area contributed by atoms with Gasteiger partial charge in [0.1, 0.15) is 5.75 Å². The van der Waals surface area contributed by atoms with Gasteiger partial charge in [0.15, 0.2) is 0 Å². The molecular formula is C15H20N2O. The second-order valence-corrected chi connectivity index (χ2v) is 4.96. The molecule has 0 atom stereocenters. The smallest absolute Gasteiger partial charge is 0.127 e. The van der Waals surface area contributed by atoms with Gasteiger partial charge in [0, 0.05) is 23.4 Å². The van der Waals surface area contributed by atoms with Crippen LogP contribution in [0, 0.1) is 13.8 Å². The molecule has 0 saturated carbocycles. The molecule has 1 aromatic heterocycles. The van der Waals surface area contributed by atoms with Gasteiger partial charge in [0.2, 0.25) is 0 Å². The van der Waals surface area contributed by atoms with Gasteiger partial charge in [0.05, 0.1) is 13.3 Å². The van der Waals surface area contributed by atoms with Gasteiger partial charge < -0.3 is 4.74 Å². The predicted octanol–water partition coefficient (Wildman–Crippen LogP) is 3.76. The van der Waals surface area contributed by atoms with Crippen molar-refractivity contribution in [3.05, 3.63) is 35.7 Å². The van der Waals surface area contributed by atoms with Gasteiger partial charge in [-0.2, -0.15) is 5.10 Å². The number of aryl methyl sites for hydroxylation is 2. The van der Waals surface area contributed by atoms with Crippen LogP contribution in [0.15, 0.2) is 24.5 Å². The Morgan fingerprint density at radius 1 is 1.22 bits per heavy atom. The fourth-order valence-electron chi connectivity index (χ4n) is 2.21. The SMILES string of the molecule is COc1cc(C)cc(C)c1-c1cnn(C(C)C)c1. The van der Waals surface area contributed by atoms with Crippen molar-refractivity contribution in [1.82, 2.24) is 9.78 Å². The van der Waals surface area contributed by atoms with Crippen molar-refractivity contribution in [2.75, 3.05) is 7.11 Å². The van der Waals surface area contributed by atoms with E-state index in [4.69, 9.17) is 4.74 Å². The van der Waals surface area contributed by atoms with Crippen LogP contribution < -0.4 is 4.74 Å². The maximum atomic E-state index is 5.49. The first-order valence-corrected chi connectivity index (χ1v) is 6.22. The minimum Gasteiger partial charge on any atom is -0.496 e. The summed E-state index contributed by atoms with van der Waals surface area (Å²) < 4.78 is 7.46. The zero-order valence-corrected chi connectivity index (χ0v) is 11.7. The highest BCUT2D eigenvalue weighted by Gasteiger charge is 2.12.